The summed E-state index contributed by atoms with van der Waals surface area (Å²) >= 11 is 1.89. The maximum Gasteiger partial charge on any atom is 0.295 e. The van der Waals surface area contributed by atoms with Crippen LogP contribution in [0.3, 0.4) is 0 Å². The molecule has 1 aromatic rings. The molecular formula is C11H14N2O2S. The number of aryl methyl sites for hydroxylation is 1. The Kier molecular flexibility index (Phi) is 3.33. The zero-order valence-electron chi connectivity index (χ0n) is 9.10. The molecule has 2 rings (SSSR count). The second kappa shape index (κ2) is 4.74. The van der Waals surface area contributed by atoms with Crippen molar-refractivity contribution in [3.8, 4) is 0 Å². The van der Waals surface area contributed by atoms with Crippen LogP contribution in [0.1, 0.15) is 12.0 Å². The van der Waals surface area contributed by atoms with E-state index < -0.39 is 0 Å². The van der Waals surface area contributed by atoms with E-state index in [1.165, 1.54) is 0 Å². The molecule has 0 saturated carbocycles. The van der Waals surface area contributed by atoms with Gasteiger partial charge in [-0.1, -0.05) is 12.1 Å². The lowest BCUT2D eigenvalue weighted by atomic mass is 10.1. The van der Waals surface area contributed by atoms with E-state index in [1.54, 1.807) is 19.1 Å². The molecule has 1 aliphatic heterocycles. The van der Waals surface area contributed by atoms with E-state index in [0.717, 1.165) is 17.9 Å². The van der Waals surface area contributed by atoms with Crippen LogP contribution in [-0.2, 0) is 0 Å². The first-order chi connectivity index (χ1) is 7.68. The van der Waals surface area contributed by atoms with Gasteiger partial charge >= 0.3 is 0 Å². The van der Waals surface area contributed by atoms with Crippen LogP contribution in [-0.4, -0.2) is 22.5 Å². The van der Waals surface area contributed by atoms with Gasteiger partial charge in [0.1, 0.15) is 5.69 Å². The summed E-state index contributed by atoms with van der Waals surface area (Å²) in [5.41, 5.74) is 1.57. The van der Waals surface area contributed by atoms with E-state index in [9.17, 15) is 10.1 Å². The van der Waals surface area contributed by atoms with Crippen molar-refractivity contribution in [2.24, 2.45) is 0 Å². The van der Waals surface area contributed by atoms with Gasteiger partial charge in [0.05, 0.1) is 4.92 Å². The third-order valence-corrected chi connectivity index (χ3v) is 3.87. The molecule has 0 aromatic heterocycles. The summed E-state index contributed by atoms with van der Waals surface area (Å²) in [6.07, 6.45) is 1.08. The second-order valence-electron chi connectivity index (χ2n) is 3.93. The summed E-state index contributed by atoms with van der Waals surface area (Å²) < 4.78 is 0. The lowest BCUT2D eigenvalue weighted by molar-refractivity contribution is -0.384. The predicted molar refractivity (Wildman–Crippen MR) is 67.2 cm³/mol. The number of anilines is 1. The topological polar surface area (TPSA) is 55.2 Å². The highest BCUT2D eigenvalue weighted by Crippen LogP contribution is 2.30. The van der Waals surface area contributed by atoms with Gasteiger partial charge in [-0.2, -0.15) is 11.8 Å². The fourth-order valence-corrected chi connectivity index (χ4v) is 3.04. The lowest BCUT2D eigenvalue weighted by Crippen LogP contribution is -2.19. The van der Waals surface area contributed by atoms with Gasteiger partial charge in [-0.3, -0.25) is 10.1 Å². The minimum absolute atomic E-state index is 0.208. The molecule has 1 aromatic carbocycles. The van der Waals surface area contributed by atoms with Crippen LogP contribution in [0.5, 0.6) is 0 Å². The van der Waals surface area contributed by atoms with Crippen LogP contribution >= 0.6 is 11.8 Å². The molecule has 1 fully saturated rings. The lowest BCUT2D eigenvalue weighted by Gasteiger charge is -2.13. The molecule has 1 atom stereocenters. The molecule has 4 nitrogen and oxygen atoms in total. The molecule has 0 radical (unpaired) electrons. The summed E-state index contributed by atoms with van der Waals surface area (Å²) in [5, 5.41) is 14.2. The highest BCUT2D eigenvalue weighted by atomic mass is 32.2. The van der Waals surface area contributed by atoms with Gasteiger partial charge < -0.3 is 5.32 Å². The van der Waals surface area contributed by atoms with Crippen molar-refractivity contribution in [3.05, 3.63) is 33.9 Å². The Morgan fingerprint density at radius 3 is 3.00 bits per heavy atom. The first kappa shape index (κ1) is 11.3. The predicted octanol–water partition coefficient (Wildman–Crippen LogP) is 2.82. The molecule has 0 bridgehead atoms. The van der Waals surface area contributed by atoms with E-state index in [0.29, 0.717) is 17.3 Å². The van der Waals surface area contributed by atoms with Gasteiger partial charge in [0, 0.05) is 17.4 Å². The van der Waals surface area contributed by atoms with E-state index in [-0.39, 0.29) is 10.6 Å². The Morgan fingerprint density at radius 2 is 2.38 bits per heavy atom. The third-order valence-electron chi connectivity index (χ3n) is 2.71. The van der Waals surface area contributed by atoms with Crippen LogP contribution in [0.4, 0.5) is 11.4 Å². The van der Waals surface area contributed by atoms with Crippen molar-refractivity contribution in [1.29, 1.82) is 0 Å². The first-order valence-electron chi connectivity index (χ1n) is 5.27. The van der Waals surface area contributed by atoms with Gasteiger partial charge in [0.15, 0.2) is 0 Å². The number of hydrogen-bond donors (Lipinski definition) is 1. The number of nitro benzene ring substituents is 1. The number of nitrogens with one attached hydrogen (secondary N) is 1. The number of para-hydroxylation sites is 1. The first-order valence-corrected chi connectivity index (χ1v) is 6.42. The zero-order valence-corrected chi connectivity index (χ0v) is 9.92. The molecule has 0 aliphatic carbocycles. The van der Waals surface area contributed by atoms with Crippen molar-refractivity contribution >= 4 is 23.1 Å². The van der Waals surface area contributed by atoms with Crippen molar-refractivity contribution in [2.75, 3.05) is 16.8 Å². The Hall–Kier alpha value is -1.23. The monoisotopic (exact) mass is 238 g/mol. The number of thioether (sulfide) groups is 1. The normalized spacial score (nSPS) is 19.7. The second-order valence-corrected chi connectivity index (χ2v) is 5.08. The zero-order chi connectivity index (χ0) is 11.5. The molecule has 5 heteroatoms. The Morgan fingerprint density at radius 1 is 1.56 bits per heavy atom. The number of hydrogen-bond acceptors (Lipinski definition) is 4. The molecular weight excluding hydrogens is 224 g/mol. The molecule has 1 unspecified atom stereocenters. The maximum atomic E-state index is 11.0. The van der Waals surface area contributed by atoms with Crippen LogP contribution < -0.4 is 5.32 Å². The van der Waals surface area contributed by atoms with Crippen LogP contribution in [0.25, 0.3) is 0 Å². The summed E-state index contributed by atoms with van der Waals surface area (Å²) in [7, 11) is 0. The number of nitro groups is 1. The Bertz CT molecular complexity index is 403. The molecule has 16 heavy (non-hydrogen) atoms. The highest BCUT2D eigenvalue weighted by Gasteiger charge is 2.21. The fraction of sp³-hybridized carbons (Fsp3) is 0.455. The van der Waals surface area contributed by atoms with Crippen molar-refractivity contribution in [2.45, 2.75) is 19.4 Å². The fourth-order valence-electron chi connectivity index (χ4n) is 1.89. The number of benzene rings is 1. The van der Waals surface area contributed by atoms with Crippen molar-refractivity contribution < 1.29 is 4.92 Å². The highest BCUT2D eigenvalue weighted by molar-refractivity contribution is 7.99. The SMILES string of the molecule is Cc1cccc(NC2CCSC2)c1[N+](=O)[O-]. The average molecular weight is 238 g/mol. The Balaban J connectivity index is 2.25. The van der Waals surface area contributed by atoms with E-state index in [2.05, 4.69) is 5.32 Å². The standard InChI is InChI=1S/C11H14N2O2S/c1-8-3-2-4-10(11(8)13(14)15)12-9-5-6-16-7-9/h2-4,9,12H,5-7H2,1H3. The quantitative estimate of drug-likeness (QED) is 0.650. The molecule has 0 spiro atoms. The van der Waals surface area contributed by atoms with Gasteiger partial charge in [0.25, 0.3) is 5.69 Å². The molecule has 1 saturated heterocycles. The van der Waals surface area contributed by atoms with Crippen LogP contribution in [0, 0.1) is 17.0 Å². The summed E-state index contributed by atoms with van der Waals surface area (Å²) in [6.45, 7) is 1.77. The van der Waals surface area contributed by atoms with Crippen molar-refractivity contribution in [1.82, 2.24) is 0 Å². The van der Waals surface area contributed by atoms with Gasteiger partial charge in [-0.15, -0.1) is 0 Å². The largest absolute Gasteiger partial charge is 0.376 e. The average Bonchev–Trinajstić information content (AvgIpc) is 2.70. The van der Waals surface area contributed by atoms with Crippen LogP contribution in [0.2, 0.25) is 0 Å². The smallest absolute Gasteiger partial charge is 0.295 e. The summed E-state index contributed by atoms with van der Waals surface area (Å²) in [6, 6.07) is 5.78. The van der Waals surface area contributed by atoms with E-state index >= 15 is 0 Å². The number of nitrogens with zero attached hydrogens (tertiary/aromatic N) is 1. The van der Waals surface area contributed by atoms with Gasteiger partial charge in [-0.05, 0) is 25.2 Å². The van der Waals surface area contributed by atoms with Gasteiger partial charge in [0.2, 0.25) is 0 Å². The van der Waals surface area contributed by atoms with Gasteiger partial charge in [-0.25, -0.2) is 0 Å². The molecule has 1 aliphatic rings. The van der Waals surface area contributed by atoms with E-state index in [4.69, 9.17) is 0 Å². The van der Waals surface area contributed by atoms with Crippen molar-refractivity contribution in [3.63, 3.8) is 0 Å². The summed E-state index contributed by atoms with van der Waals surface area (Å²) in [5.74, 6) is 2.17. The third kappa shape index (κ3) is 2.29. The molecule has 0 amide bonds. The molecule has 1 N–H and O–H groups in total. The minimum atomic E-state index is -0.306. The molecule has 1 heterocycles. The van der Waals surface area contributed by atoms with E-state index in [1.807, 2.05) is 17.8 Å². The maximum absolute atomic E-state index is 11.0. The summed E-state index contributed by atoms with van der Waals surface area (Å²) in [4.78, 5) is 10.7. The molecule has 86 valence electrons. The van der Waals surface area contributed by atoms with Crippen LogP contribution in [0.15, 0.2) is 18.2 Å². The minimum Gasteiger partial charge on any atom is -0.376 e. The number of rotatable bonds is 3. The Labute approximate surface area is 98.6 Å².